The molecule has 0 aliphatic heterocycles. The summed E-state index contributed by atoms with van der Waals surface area (Å²) in [4.78, 5) is 5.26. The van der Waals surface area contributed by atoms with Gasteiger partial charge in [-0.25, -0.2) is 0 Å². The molecule has 2 N–H and O–H groups in total. The van der Waals surface area contributed by atoms with Crippen LogP contribution in [0.15, 0.2) is 96.0 Å². The lowest BCUT2D eigenvalue weighted by Crippen LogP contribution is -2.42. The first-order chi connectivity index (χ1) is 26.3. The van der Waals surface area contributed by atoms with Crippen LogP contribution in [-0.4, -0.2) is 35.7 Å². The number of aliphatic imine (C=N–C) groups is 1. The van der Waals surface area contributed by atoms with Gasteiger partial charge < -0.3 is 19.7 Å². The molecule has 0 heterocycles. The highest BCUT2D eigenvalue weighted by molar-refractivity contribution is 5.83. The predicted molar refractivity (Wildman–Crippen MR) is 231 cm³/mol. The van der Waals surface area contributed by atoms with E-state index in [9.17, 15) is 10.2 Å². The number of rotatable bonds is 21. The third kappa shape index (κ3) is 12.5. The Labute approximate surface area is 333 Å². The van der Waals surface area contributed by atoms with Gasteiger partial charge in [-0.15, -0.1) is 0 Å². The first kappa shape index (κ1) is 43.6. The third-order valence-electron chi connectivity index (χ3n) is 10.6. The summed E-state index contributed by atoms with van der Waals surface area (Å²) >= 11 is 0. The first-order valence-corrected chi connectivity index (χ1v) is 20.9. The average Bonchev–Trinajstić information content (AvgIpc) is 3.16. The Kier molecular flexibility index (Phi) is 16.4. The van der Waals surface area contributed by atoms with Crippen LogP contribution in [-0.2, 0) is 22.9 Å². The first-order valence-electron chi connectivity index (χ1n) is 20.9. The van der Waals surface area contributed by atoms with Crippen molar-refractivity contribution in [1.82, 2.24) is 0 Å². The molecule has 5 heteroatoms. The van der Waals surface area contributed by atoms with E-state index >= 15 is 0 Å². The summed E-state index contributed by atoms with van der Waals surface area (Å²) in [5, 5.41) is 25.0. The smallest absolute Gasteiger partial charge is 0.144 e. The summed E-state index contributed by atoms with van der Waals surface area (Å²) in [6.07, 6.45) is 13.4. The van der Waals surface area contributed by atoms with E-state index < -0.39 is 11.6 Å². The molecular weight excluding hydrogens is 679 g/mol. The summed E-state index contributed by atoms with van der Waals surface area (Å²) in [7, 11) is 0. The molecule has 0 aliphatic carbocycles. The lowest BCUT2D eigenvalue weighted by molar-refractivity contribution is 0.0460. The summed E-state index contributed by atoms with van der Waals surface area (Å²) < 4.78 is 13.4. The van der Waals surface area contributed by atoms with Crippen LogP contribution >= 0.6 is 0 Å². The van der Waals surface area contributed by atoms with Crippen LogP contribution < -0.4 is 9.47 Å². The molecule has 0 aliphatic rings. The van der Waals surface area contributed by atoms with Gasteiger partial charge >= 0.3 is 0 Å². The Balaban J connectivity index is 2.02. The van der Waals surface area contributed by atoms with Crippen molar-refractivity contribution in [2.45, 2.75) is 148 Å². The number of nitrogens with zero attached hydrogens (tertiary/aromatic N) is 1. The molecule has 0 radical (unpaired) electrons. The number of ether oxygens (including phenoxy) is 2. The maximum atomic E-state index is 14.2. The van der Waals surface area contributed by atoms with Crippen LogP contribution in [0.2, 0.25) is 0 Å². The molecule has 55 heavy (non-hydrogen) atoms. The van der Waals surface area contributed by atoms with Crippen molar-refractivity contribution in [3.8, 4) is 17.2 Å². The topological polar surface area (TPSA) is 71.3 Å². The third-order valence-corrected chi connectivity index (χ3v) is 10.6. The highest BCUT2D eigenvalue weighted by Crippen LogP contribution is 2.47. The Morgan fingerprint density at radius 3 is 1.55 bits per heavy atom. The second kappa shape index (κ2) is 20.7. The van der Waals surface area contributed by atoms with Crippen molar-refractivity contribution < 1.29 is 19.7 Å². The van der Waals surface area contributed by atoms with Crippen LogP contribution in [0.4, 0.5) is 0 Å². The minimum Gasteiger partial charge on any atom is -0.507 e. The van der Waals surface area contributed by atoms with E-state index in [4.69, 9.17) is 14.5 Å². The van der Waals surface area contributed by atoms with Crippen molar-refractivity contribution >= 4 is 6.21 Å². The molecule has 4 rings (SSSR count). The number of para-hydroxylation sites is 1. The normalized spacial score (nSPS) is 13.0. The Bertz CT molecular complexity index is 1690. The number of aliphatic hydroxyl groups is 1. The van der Waals surface area contributed by atoms with Gasteiger partial charge in [-0.3, -0.25) is 4.99 Å². The van der Waals surface area contributed by atoms with Crippen LogP contribution in [0, 0.1) is 0 Å². The Morgan fingerprint density at radius 1 is 0.600 bits per heavy atom. The molecule has 298 valence electrons. The molecule has 0 saturated heterocycles. The van der Waals surface area contributed by atoms with Crippen molar-refractivity contribution in [2.75, 3.05) is 13.2 Å². The number of unbranched alkanes of at least 4 members (excludes halogenated alkanes) is 8. The molecule has 0 bridgehead atoms. The average molecular weight is 748 g/mol. The summed E-state index contributed by atoms with van der Waals surface area (Å²) in [5.41, 5.74) is 3.02. The second-order valence-corrected chi connectivity index (χ2v) is 17.3. The minimum absolute atomic E-state index is 0.136. The van der Waals surface area contributed by atoms with Gasteiger partial charge in [-0.2, -0.15) is 0 Å². The molecule has 1 atom stereocenters. The zero-order chi connectivity index (χ0) is 39.9. The molecule has 4 aromatic carbocycles. The minimum atomic E-state index is -1.71. The Hall–Kier alpha value is -4.09. The van der Waals surface area contributed by atoms with Crippen LogP contribution in [0.3, 0.4) is 0 Å². The lowest BCUT2D eigenvalue weighted by atomic mass is 9.73. The van der Waals surface area contributed by atoms with E-state index in [1.54, 1.807) is 18.3 Å². The number of phenolic OH excluding ortho intramolecular Hbond substituents is 1. The SMILES string of the molecule is CCCCCCCOc1ccc(C(C)(C)C)cc1C(O)(c1cc(C(C)(C)C)ccc1OCCCCCCC)C(Cc1ccccc1)N=Cc1ccccc1O. The zero-order valence-electron chi connectivity index (χ0n) is 35.2. The van der Waals surface area contributed by atoms with E-state index in [-0.39, 0.29) is 16.6 Å². The molecule has 0 fully saturated rings. The molecule has 0 spiro atoms. The summed E-state index contributed by atoms with van der Waals surface area (Å²) in [6.45, 7) is 18.8. The molecular formula is C50H69NO4. The molecule has 0 amide bonds. The monoisotopic (exact) mass is 748 g/mol. The maximum Gasteiger partial charge on any atom is 0.144 e. The van der Waals surface area contributed by atoms with Gasteiger partial charge in [0.05, 0.1) is 19.3 Å². The fraction of sp³-hybridized carbons (Fsp3) is 0.500. The fourth-order valence-corrected chi connectivity index (χ4v) is 7.03. The number of hydrogen-bond acceptors (Lipinski definition) is 5. The molecule has 1 unspecified atom stereocenters. The van der Waals surface area contributed by atoms with Crippen molar-refractivity contribution in [3.63, 3.8) is 0 Å². The molecule has 0 saturated carbocycles. The number of phenols is 1. The van der Waals surface area contributed by atoms with Gasteiger partial charge in [0.15, 0.2) is 0 Å². The highest BCUT2D eigenvalue weighted by Gasteiger charge is 2.45. The predicted octanol–water partition coefficient (Wildman–Crippen LogP) is 12.7. The quantitative estimate of drug-likeness (QED) is 0.0658. The maximum absolute atomic E-state index is 14.2. The highest BCUT2D eigenvalue weighted by atomic mass is 16.5. The van der Waals surface area contributed by atoms with Crippen LogP contribution in [0.25, 0.3) is 0 Å². The van der Waals surface area contributed by atoms with Crippen LogP contribution in [0.1, 0.15) is 153 Å². The van der Waals surface area contributed by atoms with Gasteiger partial charge in [0.2, 0.25) is 0 Å². The van der Waals surface area contributed by atoms with Gasteiger partial charge in [0, 0.05) is 22.9 Å². The lowest BCUT2D eigenvalue weighted by Gasteiger charge is -2.39. The van der Waals surface area contributed by atoms with E-state index in [2.05, 4.69) is 91.8 Å². The standard InChI is InChI=1S/C50H69NO4/c1-9-11-13-15-22-32-54-45-30-28-40(48(3,4)5)35-42(45)50(53,43-36-41(49(6,7)8)29-31-46(43)55-33-23-16-14-12-10-2)47(34-38-24-18-17-19-25-38)51-37-39-26-20-21-27-44(39)52/h17-21,24-31,35-37,47,52-53H,9-16,22-23,32-34H2,1-8H3. The molecule has 5 nitrogen and oxygen atoms in total. The largest absolute Gasteiger partial charge is 0.507 e. The van der Waals surface area contributed by atoms with Gasteiger partial charge in [0.1, 0.15) is 22.8 Å². The second-order valence-electron chi connectivity index (χ2n) is 17.3. The van der Waals surface area contributed by atoms with Crippen molar-refractivity contribution in [2.24, 2.45) is 4.99 Å². The van der Waals surface area contributed by atoms with Crippen LogP contribution in [0.5, 0.6) is 17.2 Å². The summed E-state index contributed by atoms with van der Waals surface area (Å²) in [5.74, 6) is 1.43. The van der Waals surface area contributed by atoms with Crippen molar-refractivity contribution in [1.29, 1.82) is 0 Å². The molecule has 4 aromatic rings. The number of benzene rings is 4. The van der Waals surface area contributed by atoms with Gasteiger partial charge in [-0.05, 0) is 83.2 Å². The van der Waals surface area contributed by atoms with Gasteiger partial charge in [-0.1, -0.05) is 161 Å². The zero-order valence-corrected chi connectivity index (χ0v) is 35.2. The van der Waals surface area contributed by atoms with E-state index in [0.29, 0.717) is 47.8 Å². The van der Waals surface area contributed by atoms with E-state index in [1.165, 1.54) is 38.5 Å². The fourth-order valence-electron chi connectivity index (χ4n) is 7.03. The molecule has 0 aromatic heterocycles. The van der Waals surface area contributed by atoms with Gasteiger partial charge in [0.25, 0.3) is 0 Å². The van der Waals surface area contributed by atoms with E-state index in [1.807, 2.05) is 42.5 Å². The van der Waals surface area contributed by atoms with Crippen molar-refractivity contribution in [3.05, 3.63) is 124 Å². The Morgan fingerprint density at radius 2 is 1.07 bits per heavy atom. The number of aromatic hydroxyl groups is 1. The number of hydrogen-bond donors (Lipinski definition) is 2. The summed E-state index contributed by atoms with van der Waals surface area (Å²) in [6, 6.07) is 29.3. The van der Waals surface area contributed by atoms with E-state index in [0.717, 1.165) is 42.4 Å².